The van der Waals surface area contributed by atoms with E-state index in [1.807, 2.05) is 0 Å². The Morgan fingerprint density at radius 1 is 1.45 bits per heavy atom. The molecular weight excluding hydrogens is 260 g/mol. The average Bonchev–Trinajstić information content (AvgIpc) is 2.77. The van der Waals surface area contributed by atoms with Crippen LogP contribution < -0.4 is 10.6 Å². The third-order valence-corrected chi connectivity index (χ3v) is 3.61. The zero-order valence-electron chi connectivity index (χ0n) is 11.3. The van der Waals surface area contributed by atoms with Crippen LogP contribution in [0.2, 0.25) is 0 Å². The third-order valence-electron chi connectivity index (χ3n) is 3.61. The molecule has 0 aliphatic carbocycles. The van der Waals surface area contributed by atoms with Gasteiger partial charge in [0.05, 0.1) is 18.6 Å². The predicted octanol–water partition coefficient (Wildman–Crippen LogP) is 0.468. The number of ether oxygens (including phenoxy) is 1. The molecule has 20 heavy (non-hydrogen) atoms. The van der Waals surface area contributed by atoms with E-state index < -0.39 is 24.0 Å². The summed E-state index contributed by atoms with van der Waals surface area (Å²) in [4.78, 5) is 25.0. The summed E-state index contributed by atoms with van der Waals surface area (Å²) in [5.74, 6) is -1.39. The Balaban J connectivity index is 2.32. The van der Waals surface area contributed by atoms with Crippen molar-refractivity contribution in [3.63, 3.8) is 0 Å². The van der Waals surface area contributed by atoms with Crippen molar-refractivity contribution in [2.24, 2.45) is 11.1 Å². The number of anilines is 1. The summed E-state index contributed by atoms with van der Waals surface area (Å²) in [5.41, 5.74) is 5.59. The van der Waals surface area contributed by atoms with Gasteiger partial charge in [-0.1, -0.05) is 18.2 Å². The van der Waals surface area contributed by atoms with Crippen LogP contribution in [0.5, 0.6) is 0 Å². The Morgan fingerprint density at radius 3 is 2.60 bits per heavy atom. The van der Waals surface area contributed by atoms with Crippen molar-refractivity contribution >= 4 is 17.6 Å². The Hall–Kier alpha value is -1.92. The van der Waals surface area contributed by atoms with Crippen LogP contribution in [0.3, 0.4) is 0 Å². The molecule has 6 nitrogen and oxygen atoms in total. The third kappa shape index (κ3) is 2.66. The summed E-state index contributed by atoms with van der Waals surface area (Å²) in [6, 6.07) is 8.28. The Morgan fingerprint density at radius 2 is 2.10 bits per heavy atom. The van der Waals surface area contributed by atoms with E-state index in [9.17, 15) is 9.59 Å². The predicted molar refractivity (Wildman–Crippen MR) is 73.3 cm³/mol. The van der Waals surface area contributed by atoms with E-state index in [1.54, 1.807) is 37.3 Å². The number of rotatable bonds is 4. The van der Waals surface area contributed by atoms with Gasteiger partial charge in [-0.25, -0.2) is 0 Å². The summed E-state index contributed by atoms with van der Waals surface area (Å²) >= 11 is 0. The Bertz CT molecular complexity index is 505. The molecule has 0 spiro atoms. The number of aliphatic carboxylic acids is 1. The first-order valence-corrected chi connectivity index (χ1v) is 6.37. The molecule has 1 aliphatic rings. The molecule has 1 aromatic rings. The molecule has 2 unspecified atom stereocenters. The van der Waals surface area contributed by atoms with E-state index in [2.05, 4.69) is 0 Å². The van der Waals surface area contributed by atoms with Gasteiger partial charge in [-0.15, -0.1) is 0 Å². The van der Waals surface area contributed by atoms with E-state index in [1.165, 1.54) is 4.90 Å². The number of hydrogen-bond acceptors (Lipinski definition) is 4. The number of nitrogens with two attached hydrogens (primary N) is 1. The summed E-state index contributed by atoms with van der Waals surface area (Å²) in [6.07, 6.45) is 0. The molecule has 108 valence electrons. The van der Waals surface area contributed by atoms with Crippen LogP contribution in [0.25, 0.3) is 0 Å². The number of hydrogen-bond donors (Lipinski definition) is 2. The van der Waals surface area contributed by atoms with Crippen LogP contribution in [0.1, 0.15) is 6.92 Å². The van der Waals surface area contributed by atoms with E-state index in [4.69, 9.17) is 15.6 Å². The van der Waals surface area contributed by atoms with Gasteiger partial charge in [0.2, 0.25) is 5.91 Å². The largest absolute Gasteiger partial charge is 0.480 e. The number of carboxylic acids is 1. The van der Waals surface area contributed by atoms with Gasteiger partial charge in [0.1, 0.15) is 6.54 Å². The van der Waals surface area contributed by atoms with Crippen molar-refractivity contribution in [2.75, 3.05) is 24.7 Å². The number of nitrogens with zero attached hydrogens (tertiary/aromatic N) is 1. The van der Waals surface area contributed by atoms with Crippen molar-refractivity contribution in [3.8, 4) is 0 Å². The van der Waals surface area contributed by atoms with Crippen molar-refractivity contribution in [3.05, 3.63) is 30.3 Å². The Labute approximate surface area is 117 Å². The van der Waals surface area contributed by atoms with Crippen LogP contribution in [-0.2, 0) is 14.3 Å². The Kier molecular flexibility index (Phi) is 4.06. The minimum Gasteiger partial charge on any atom is -0.480 e. The van der Waals surface area contributed by atoms with Crippen molar-refractivity contribution < 1.29 is 19.4 Å². The molecule has 3 N–H and O–H groups in total. The second-order valence-corrected chi connectivity index (χ2v) is 5.16. The van der Waals surface area contributed by atoms with E-state index in [0.29, 0.717) is 12.3 Å². The lowest BCUT2D eigenvalue weighted by atomic mass is 9.84. The lowest BCUT2D eigenvalue weighted by molar-refractivity contribution is -0.138. The second kappa shape index (κ2) is 5.60. The van der Waals surface area contributed by atoms with Gasteiger partial charge in [-0.3, -0.25) is 9.59 Å². The minimum atomic E-state index is -1.07. The molecule has 1 saturated heterocycles. The fourth-order valence-electron chi connectivity index (χ4n) is 2.24. The number of carbonyl (C=O) groups is 2. The second-order valence-electron chi connectivity index (χ2n) is 5.16. The molecule has 0 saturated carbocycles. The maximum atomic E-state index is 12.7. The molecule has 1 aliphatic heterocycles. The number of carboxylic acid groups (broad SMARTS) is 1. The number of para-hydroxylation sites is 1. The first kappa shape index (κ1) is 14.5. The zero-order valence-corrected chi connectivity index (χ0v) is 11.3. The van der Waals surface area contributed by atoms with Crippen LogP contribution in [0.4, 0.5) is 5.69 Å². The molecule has 1 aromatic carbocycles. The maximum absolute atomic E-state index is 12.7. The monoisotopic (exact) mass is 278 g/mol. The van der Waals surface area contributed by atoms with Gasteiger partial charge < -0.3 is 20.5 Å². The van der Waals surface area contributed by atoms with Crippen LogP contribution in [0.15, 0.2) is 30.3 Å². The number of amides is 1. The molecule has 2 rings (SSSR count). The molecule has 0 radical (unpaired) electrons. The highest BCUT2D eigenvalue weighted by atomic mass is 16.5. The minimum absolute atomic E-state index is 0.204. The molecule has 0 bridgehead atoms. The standard InChI is InChI=1S/C14H18N2O4/c1-14(9-20-8-11(14)15)13(19)16(7-12(17)18)10-5-3-2-4-6-10/h2-6,11H,7-9,15H2,1H3,(H,17,18). The van der Waals surface area contributed by atoms with Crippen LogP contribution >= 0.6 is 0 Å². The summed E-state index contributed by atoms with van der Waals surface area (Å²) in [6.45, 7) is 1.82. The van der Waals surface area contributed by atoms with Gasteiger partial charge in [-0.2, -0.15) is 0 Å². The van der Waals surface area contributed by atoms with Crippen molar-refractivity contribution in [2.45, 2.75) is 13.0 Å². The quantitative estimate of drug-likeness (QED) is 0.835. The lowest BCUT2D eigenvalue weighted by Crippen LogP contribution is -2.52. The fourth-order valence-corrected chi connectivity index (χ4v) is 2.24. The molecule has 0 aromatic heterocycles. The maximum Gasteiger partial charge on any atom is 0.323 e. The van der Waals surface area contributed by atoms with Crippen molar-refractivity contribution in [1.82, 2.24) is 0 Å². The molecule has 1 heterocycles. The average molecular weight is 278 g/mol. The SMILES string of the molecule is CC1(C(=O)N(CC(=O)O)c2ccccc2)COCC1N. The number of carbonyl (C=O) groups excluding carboxylic acids is 1. The van der Waals surface area contributed by atoms with Gasteiger partial charge in [0.25, 0.3) is 0 Å². The first-order valence-electron chi connectivity index (χ1n) is 6.37. The van der Waals surface area contributed by atoms with E-state index in [0.717, 1.165) is 0 Å². The normalized spacial score (nSPS) is 25.4. The van der Waals surface area contributed by atoms with Gasteiger partial charge in [0, 0.05) is 11.7 Å². The molecule has 1 amide bonds. The fraction of sp³-hybridized carbons (Fsp3) is 0.429. The molecule has 1 fully saturated rings. The molecule has 6 heteroatoms. The highest BCUT2D eigenvalue weighted by Gasteiger charge is 2.47. The molecule has 2 atom stereocenters. The zero-order chi connectivity index (χ0) is 14.8. The lowest BCUT2D eigenvalue weighted by Gasteiger charge is -2.32. The highest BCUT2D eigenvalue weighted by Crippen LogP contribution is 2.31. The van der Waals surface area contributed by atoms with Crippen LogP contribution in [0, 0.1) is 5.41 Å². The first-order chi connectivity index (χ1) is 9.45. The summed E-state index contributed by atoms with van der Waals surface area (Å²) in [7, 11) is 0. The van der Waals surface area contributed by atoms with Gasteiger partial charge in [0.15, 0.2) is 0 Å². The summed E-state index contributed by atoms with van der Waals surface area (Å²) in [5, 5.41) is 9.03. The van der Waals surface area contributed by atoms with E-state index >= 15 is 0 Å². The topological polar surface area (TPSA) is 92.9 Å². The smallest absolute Gasteiger partial charge is 0.323 e. The highest BCUT2D eigenvalue weighted by molar-refractivity contribution is 6.01. The molecular formula is C14H18N2O4. The van der Waals surface area contributed by atoms with E-state index in [-0.39, 0.29) is 12.5 Å². The summed E-state index contributed by atoms with van der Waals surface area (Å²) < 4.78 is 5.26. The van der Waals surface area contributed by atoms with Crippen LogP contribution in [-0.4, -0.2) is 42.8 Å². The van der Waals surface area contributed by atoms with Crippen molar-refractivity contribution in [1.29, 1.82) is 0 Å². The number of benzene rings is 1. The van der Waals surface area contributed by atoms with Gasteiger partial charge >= 0.3 is 5.97 Å². The van der Waals surface area contributed by atoms with Gasteiger partial charge in [-0.05, 0) is 19.1 Å².